The first-order chi connectivity index (χ1) is 8.09. The van der Waals surface area contributed by atoms with Gasteiger partial charge >= 0.3 is 0 Å². The topological polar surface area (TPSA) is 74.8 Å². The van der Waals surface area contributed by atoms with Crippen LogP contribution in [0.2, 0.25) is 0 Å². The lowest BCUT2D eigenvalue weighted by Gasteiger charge is -2.22. The Bertz CT molecular complexity index is 441. The average molecular weight is 257 g/mol. The number of hydrogen-bond donors (Lipinski definition) is 2. The van der Waals surface area contributed by atoms with Gasteiger partial charge in [0, 0.05) is 6.04 Å². The van der Waals surface area contributed by atoms with Crippen LogP contribution in [0.1, 0.15) is 39.0 Å². The van der Waals surface area contributed by atoms with Crippen LogP contribution < -0.4 is 4.72 Å². The van der Waals surface area contributed by atoms with Gasteiger partial charge in [-0.05, 0) is 24.8 Å². The summed E-state index contributed by atoms with van der Waals surface area (Å²) in [6.07, 6.45) is 6.96. The maximum absolute atomic E-state index is 12.0. The van der Waals surface area contributed by atoms with Crippen molar-refractivity contribution in [2.45, 2.75) is 50.1 Å². The molecule has 1 saturated carbocycles. The van der Waals surface area contributed by atoms with Crippen LogP contribution in [0.4, 0.5) is 0 Å². The lowest BCUT2D eigenvalue weighted by atomic mass is 9.98. The number of rotatable bonds is 3. The summed E-state index contributed by atoms with van der Waals surface area (Å²) in [6, 6.07) is 1.52. The zero-order valence-corrected chi connectivity index (χ0v) is 10.8. The maximum atomic E-state index is 12.0. The SMILES string of the molecule is CC1CCCCCC1NS(=O)(=O)c1ccn[nH]1. The molecule has 1 aliphatic carbocycles. The number of aromatic amines is 1. The molecule has 0 saturated heterocycles. The molecule has 1 aromatic heterocycles. The normalized spacial score (nSPS) is 26.6. The number of H-pyrrole nitrogens is 1. The van der Waals surface area contributed by atoms with Gasteiger partial charge in [0.15, 0.2) is 5.03 Å². The molecule has 0 aliphatic heterocycles. The van der Waals surface area contributed by atoms with Gasteiger partial charge in [-0.25, -0.2) is 13.1 Å². The van der Waals surface area contributed by atoms with E-state index in [-0.39, 0.29) is 11.1 Å². The first-order valence-corrected chi connectivity index (χ1v) is 7.59. The quantitative estimate of drug-likeness (QED) is 0.809. The Labute approximate surface area is 102 Å². The summed E-state index contributed by atoms with van der Waals surface area (Å²) < 4.78 is 26.9. The van der Waals surface area contributed by atoms with E-state index >= 15 is 0 Å². The van der Waals surface area contributed by atoms with Gasteiger partial charge in [0.1, 0.15) is 0 Å². The average Bonchev–Trinajstić information content (AvgIpc) is 2.74. The molecule has 6 heteroatoms. The summed E-state index contributed by atoms with van der Waals surface area (Å²) in [5.41, 5.74) is 0. The van der Waals surface area contributed by atoms with Gasteiger partial charge < -0.3 is 0 Å². The summed E-state index contributed by atoms with van der Waals surface area (Å²) in [5.74, 6) is 0.398. The molecule has 96 valence electrons. The Balaban J connectivity index is 2.09. The van der Waals surface area contributed by atoms with Crippen molar-refractivity contribution >= 4 is 10.0 Å². The Morgan fingerprint density at radius 3 is 2.82 bits per heavy atom. The third-order valence-electron chi connectivity index (χ3n) is 3.43. The number of sulfonamides is 1. The van der Waals surface area contributed by atoms with Crippen LogP contribution in [0.3, 0.4) is 0 Å². The van der Waals surface area contributed by atoms with Crippen LogP contribution in [-0.4, -0.2) is 24.7 Å². The highest BCUT2D eigenvalue weighted by molar-refractivity contribution is 7.89. The highest BCUT2D eigenvalue weighted by Gasteiger charge is 2.26. The molecule has 5 nitrogen and oxygen atoms in total. The molecular formula is C11H19N3O2S. The van der Waals surface area contributed by atoms with E-state index in [1.807, 2.05) is 0 Å². The second-order valence-corrected chi connectivity index (χ2v) is 6.45. The van der Waals surface area contributed by atoms with Crippen molar-refractivity contribution in [2.24, 2.45) is 5.92 Å². The summed E-state index contributed by atoms with van der Waals surface area (Å²) in [7, 11) is -3.43. The van der Waals surface area contributed by atoms with Crippen molar-refractivity contribution in [1.82, 2.24) is 14.9 Å². The van der Waals surface area contributed by atoms with E-state index in [4.69, 9.17) is 0 Å². The smallest absolute Gasteiger partial charge is 0.257 e. The van der Waals surface area contributed by atoms with Crippen molar-refractivity contribution in [1.29, 1.82) is 0 Å². The van der Waals surface area contributed by atoms with Crippen LogP contribution in [0.25, 0.3) is 0 Å². The number of nitrogens with zero attached hydrogens (tertiary/aromatic N) is 1. The summed E-state index contributed by atoms with van der Waals surface area (Å²) in [5, 5.41) is 6.32. The van der Waals surface area contributed by atoms with Crippen LogP contribution in [0.15, 0.2) is 17.3 Å². The Morgan fingerprint density at radius 2 is 2.12 bits per heavy atom. The van der Waals surface area contributed by atoms with Crippen LogP contribution in [0.5, 0.6) is 0 Å². The molecule has 1 aliphatic rings. The fourth-order valence-corrected chi connectivity index (χ4v) is 3.61. The summed E-state index contributed by atoms with van der Waals surface area (Å²) in [6.45, 7) is 2.12. The monoisotopic (exact) mass is 257 g/mol. The van der Waals surface area contributed by atoms with Gasteiger partial charge in [-0.15, -0.1) is 0 Å². The maximum Gasteiger partial charge on any atom is 0.257 e. The van der Waals surface area contributed by atoms with E-state index in [0.29, 0.717) is 5.92 Å². The van der Waals surface area contributed by atoms with E-state index in [9.17, 15) is 8.42 Å². The minimum absolute atomic E-state index is 0.0470. The predicted molar refractivity (Wildman–Crippen MR) is 64.9 cm³/mol. The van der Waals surface area contributed by atoms with Crippen LogP contribution >= 0.6 is 0 Å². The van der Waals surface area contributed by atoms with E-state index in [1.54, 1.807) is 0 Å². The van der Waals surface area contributed by atoms with Crippen molar-refractivity contribution in [3.8, 4) is 0 Å². The highest BCUT2D eigenvalue weighted by atomic mass is 32.2. The standard InChI is InChI=1S/C11H19N3O2S/c1-9-5-3-2-4-6-10(9)14-17(15,16)11-7-8-12-13-11/h7-10,14H,2-6H2,1H3,(H,12,13). The third kappa shape index (κ3) is 3.07. The minimum atomic E-state index is -3.43. The van der Waals surface area contributed by atoms with Gasteiger partial charge in [-0.1, -0.05) is 26.2 Å². The molecule has 2 N–H and O–H groups in total. The van der Waals surface area contributed by atoms with Crippen molar-refractivity contribution < 1.29 is 8.42 Å². The molecule has 1 fully saturated rings. The van der Waals surface area contributed by atoms with Crippen molar-refractivity contribution in [2.75, 3.05) is 0 Å². The first kappa shape index (κ1) is 12.6. The lowest BCUT2D eigenvalue weighted by molar-refractivity contribution is 0.399. The van der Waals surface area contributed by atoms with E-state index < -0.39 is 10.0 Å². The highest BCUT2D eigenvalue weighted by Crippen LogP contribution is 2.24. The van der Waals surface area contributed by atoms with Gasteiger partial charge in [0.2, 0.25) is 0 Å². The molecule has 2 unspecified atom stereocenters. The molecule has 17 heavy (non-hydrogen) atoms. The molecule has 1 aromatic rings. The number of hydrogen-bond acceptors (Lipinski definition) is 3. The van der Waals surface area contributed by atoms with E-state index in [0.717, 1.165) is 19.3 Å². The van der Waals surface area contributed by atoms with Crippen LogP contribution in [-0.2, 0) is 10.0 Å². The molecule has 0 aromatic carbocycles. The molecule has 0 bridgehead atoms. The molecule has 2 atom stereocenters. The van der Waals surface area contributed by atoms with Gasteiger partial charge in [-0.2, -0.15) is 5.10 Å². The largest absolute Gasteiger partial charge is 0.266 e. The minimum Gasteiger partial charge on any atom is -0.266 e. The predicted octanol–water partition coefficient (Wildman–Crippen LogP) is 1.66. The molecule has 0 amide bonds. The molecule has 1 heterocycles. The molecular weight excluding hydrogens is 238 g/mol. The molecule has 2 rings (SSSR count). The Morgan fingerprint density at radius 1 is 1.35 bits per heavy atom. The van der Waals surface area contributed by atoms with Crippen molar-refractivity contribution in [3.63, 3.8) is 0 Å². The van der Waals surface area contributed by atoms with Gasteiger partial charge in [0.05, 0.1) is 6.20 Å². The summed E-state index contributed by atoms with van der Waals surface area (Å²) in [4.78, 5) is 0. The molecule has 0 spiro atoms. The Kier molecular flexibility index (Phi) is 3.83. The third-order valence-corrected chi connectivity index (χ3v) is 4.85. The van der Waals surface area contributed by atoms with Crippen LogP contribution in [0, 0.1) is 5.92 Å². The number of nitrogens with one attached hydrogen (secondary N) is 2. The Hall–Kier alpha value is -0.880. The fraction of sp³-hybridized carbons (Fsp3) is 0.727. The first-order valence-electron chi connectivity index (χ1n) is 6.11. The number of aromatic nitrogens is 2. The van der Waals surface area contributed by atoms with E-state index in [2.05, 4.69) is 21.8 Å². The second-order valence-electron chi connectivity index (χ2n) is 4.76. The summed E-state index contributed by atoms with van der Waals surface area (Å²) >= 11 is 0. The molecule has 0 radical (unpaired) electrons. The van der Waals surface area contributed by atoms with Gasteiger partial charge in [-0.3, -0.25) is 5.10 Å². The lowest BCUT2D eigenvalue weighted by Crippen LogP contribution is -2.38. The van der Waals surface area contributed by atoms with Gasteiger partial charge in [0.25, 0.3) is 10.0 Å². The zero-order valence-electron chi connectivity index (χ0n) is 10.0. The fourth-order valence-electron chi connectivity index (χ4n) is 2.32. The van der Waals surface area contributed by atoms with Crippen molar-refractivity contribution in [3.05, 3.63) is 12.3 Å². The van der Waals surface area contributed by atoms with E-state index in [1.165, 1.54) is 25.1 Å². The second kappa shape index (κ2) is 5.18. The zero-order chi connectivity index (χ0) is 12.3.